The van der Waals surface area contributed by atoms with Gasteiger partial charge in [-0.2, -0.15) is 0 Å². The molecule has 21 heavy (non-hydrogen) atoms. The van der Waals surface area contributed by atoms with E-state index in [1.807, 2.05) is 0 Å². The first-order valence-electron chi connectivity index (χ1n) is 6.74. The quantitative estimate of drug-likeness (QED) is 0.723. The minimum Gasteiger partial charge on any atom is -0.496 e. The Hall–Kier alpha value is -1.50. The van der Waals surface area contributed by atoms with E-state index in [-0.39, 0.29) is 18.1 Å². The van der Waals surface area contributed by atoms with Crippen molar-refractivity contribution in [2.45, 2.75) is 18.6 Å². The molecule has 1 saturated heterocycles. The summed E-state index contributed by atoms with van der Waals surface area (Å²) in [5, 5.41) is 6.53. The van der Waals surface area contributed by atoms with Gasteiger partial charge in [0.05, 0.1) is 35.5 Å². The maximum absolute atomic E-state index is 12.5. The number of benzene rings is 1. The van der Waals surface area contributed by atoms with Crippen molar-refractivity contribution < 1.29 is 14.3 Å². The van der Waals surface area contributed by atoms with Crippen molar-refractivity contribution in [3.05, 3.63) is 22.7 Å². The number of nitrogen functional groups attached to an aromatic ring is 1. The summed E-state index contributed by atoms with van der Waals surface area (Å²) in [5.41, 5.74) is 6.46. The molecule has 2 rings (SSSR count). The lowest BCUT2D eigenvalue weighted by Gasteiger charge is -2.31. The fourth-order valence-electron chi connectivity index (χ4n) is 2.40. The number of amides is 1. The Morgan fingerprint density at radius 3 is 2.90 bits per heavy atom. The zero-order valence-corrected chi connectivity index (χ0v) is 12.9. The van der Waals surface area contributed by atoms with E-state index < -0.39 is 0 Å². The first kappa shape index (κ1) is 15.9. The largest absolute Gasteiger partial charge is 0.496 e. The van der Waals surface area contributed by atoms with Gasteiger partial charge in [-0.1, -0.05) is 11.6 Å². The first-order chi connectivity index (χ1) is 10.1. The summed E-state index contributed by atoms with van der Waals surface area (Å²) in [4.78, 5) is 12.5. The highest BCUT2D eigenvalue weighted by Gasteiger charge is 2.27. The average molecular weight is 314 g/mol. The third-order valence-corrected chi connectivity index (χ3v) is 3.94. The van der Waals surface area contributed by atoms with E-state index in [0.29, 0.717) is 28.6 Å². The van der Waals surface area contributed by atoms with Crippen molar-refractivity contribution in [1.82, 2.24) is 10.6 Å². The van der Waals surface area contributed by atoms with Gasteiger partial charge in [0.15, 0.2) is 0 Å². The standard InChI is InChI=1S/C14H20ClN3O3/c1-20-12-6-10(16)9(15)5-8(12)14(19)18-11-3-4-17-7-13(11)21-2/h5-6,11,13,17H,3-4,7,16H2,1-2H3,(H,18,19)/t11-,13?/m1/s1. The molecule has 0 saturated carbocycles. The molecule has 0 bridgehead atoms. The maximum Gasteiger partial charge on any atom is 0.255 e. The fourth-order valence-corrected chi connectivity index (χ4v) is 2.57. The number of piperidine rings is 1. The van der Waals surface area contributed by atoms with Gasteiger partial charge in [0.1, 0.15) is 5.75 Å². The minimum atomic E-state index is -0.247. The van der Waals surface area contributed by atoms with E-state index in [1.54, 1.807) is 13.2 Å². The van der Waals surface area contributed by atoms with Crippen molar-refractivity contribution in [3.8, 4) is 5.75 Å². The number of halogens is 1. The van der Waals surface area contributed by atoms with Crippen LogP contribution in [0.4, 0.5) is 5.69 Å². The molecule has 4 N–H and O–H groups in total. The fraction of sp³-hybridized carbons (Fsp3) is 0.500. The molecule has 0 radical (unpaired) electrons. The van der Waals surface area contributed by atoms with Gasteiger partial charge >= 0.3 is 0 Å². The molecule has 1 unspecified atom stereocenters. The summed E-state index contributed by atoms with van der Waals surface area (Å²) < 4.78 is 10.6. The van der Waals surface area contributed by atoms with Crippen LogP contribution in [0.5, 0.6) is 5.75 Å². The van der Waals surface area contributed by atoms with E-state index in [1.165, 1.54) is 13.2 Å². The molecule has 6 nitrogen and oxygen atoms in total. The number of hydrogen-bond donors (Lipinski definition) is 3. The van der Waals surface area contributed by atoms with Gasteiger partial charge in [-0.05, 0) is 19.0 Å². The molecule has 2 atom stereocenters. The summed E-state index contributed by atoms with van der Waals surface area (Å²) in [6.07, 6.45) is 0.743. The molecule has 0 spiro atoms. The van der Waals surface area contributed by atoms with E-state index in [9.17, 15) is 4.79 Å². The zero-order valence-electron chi connectivity index (χ0n) is 12.1. The van der Waals surface area contributed by atoms with Gasteiger partial charge in [0.2, 0.25) is 0 Å². The highest BCUT2D eigenvalue weighted by molar-refractivity contribution is 6.33. The lowest BCUT2D eigenvalue weighted by Crippen LogP contribution is -2.53. The van der Waals surface area contributed by atoms with Gasteiger partial charge in [-0.25, -0.2) is 0 Å². The molecular weight excluding hydrogens is 294 g/mol. The zero-order chi connectivity index (χ0) is 15.4. The second kappa shape index (κ2) is 6.98. The molecule has 1 fully saturated rings. The van der Waals surface area contributed by atoms with E-state index >= 15 is 0 Å². The van der Waals surface area contributed by atoms with Crippen LogP contribution in [0.15, 0.2) is 12.1 Å². The van der Waals surface area contributed by atoms with Crippen LogP contribution in [-0.4, -0.2) is 45.4 Å². The molecule has 1 heterocycles. The van der Waals surface area contributed by atoms with Crippen LogP contribution < -0.4 is 21.1 Å². The number of nitrogens with one attached hydrogen (secondary N) is 2. The van der Waals surface area contributed by atoms with Crippen LogP contribution in [0.1, 0.15) is 16.8 Å². The molecule has 1 aliphatic rings. The third kappa shape index (κ3) is 3.58. The third-order valence-electron chi connectivity index (χ3n) is 3.61. The molecule has 0 aromatic heterocycles. The maximum atomic E-state index is 12.5. The summed E-state index contributed by atoms with van der Waals surface area (Å²) in [7, 11) is 3.12. The number of anilines is 1. The highest BCUT2D eigenvalue weighted by atomic mass is 35.5. The predicted octanol–water partition coefficient (Wildman–Crippen LogP) is 1.04. The number of rotatable bonds is 4. The number of carbonyl (C=O) groups is 1. The number of methoxy groups -OCH3 is 2. The number of nitrogens with two attached hydrogens (primary N) is 1. The van der Waals surface area contributed by atoms with Gasteiger partial charge in [-0.3, -0.25) is 4.79 Å². The predicted molar refractivity (Wildman–Crippen MR) is 82.0 cm³/mol. The van der Waals surface area contributed by atoms with Gasteiger partial charge in [0.25, 0.3) is 5.91 Å². The highest BCUT2D eigenvalue weighted by Crippen LogP contribution is 2.29. The van der Waals surface area contributed by atoms with Crippen LogP contribution in [0, 0.1) is 0 Å². The number of hydrogen-bond acceptors (Lipinski definition) is 5. The van der Waals surface area contributed by atoms with Gasteiger partial charge in [0, 0.05) is 19.7 Å². The van der Waals surface area contributed by atoms with Crippen molar-refractivity contribution in [2.24, 2.45) is 0 Å². The first-order valence-corrected chi connectivity index (χ1v) is 7.12. The van der Waals surface area contributed by atoms with Crippen LogP contribution in [0.2, 0.25) is 5.02 Å². The van der Waals surface area contributed by atoms with Crippen molar-refractivity contribution in [2.75, 3.05) is 33.0 Å². The summed E-state index contributed by atoms with van der Waals surface area (Å²) in [6, 6.07) is 3.02. The second-order valence-corrected chi connectivity index (χ2v) is 5.33. The summed E-state index contributed by atoms with van der Waals surface area (Å²) in [6.45, 7) is 1.55. The van der Waals surface area contributed by atoms with Crippen molar-refractivity contribution in [3.63, 3.8) is 0 Å². The molecule has 7 heteroatoms. The van der Waals surface area contributed by atoms with Gasteiger partial charge in [-0.15, -0.1) is 0 Å². The van der Waals surface area contributed by atoms with Crippen LogP contribution in [-0.2, 0) is 4.74 Å². The smallest absolute Gasteiger partial charge is 0.255 e. The molecule has 1 aliphatic heterocycles. The lowest BCUT2D eigenvalue weighted by atomic mass is 10.0. The van der Waals surface area contributed by atoms with Crippen LogP contribution in [0.25, 0.3) is 0 Å². The van der Waals surface area contributed by atoms with E-state index in [4.69, 9.17) is 26.8 Å². The number of ether oxygens (including phenoxy) is 2. The summed E-state index contributed by atoms with van der Waals surface area (Å²) in [5.74, 6) is 0.153. The molecular formula is C14H20ClN3O3. The van der Waals surface area contributed by atoms with Crippen molar-refractivity contribution >= 4 is 23.2 Å². The van der Waals surface area contributed by atoms with E-state index in [0.717, 1.165) is 13.0 Å². The Bertz CT molecular complexity index is 524. The average Bonchev–Trinajstić information content (AvgIpc) is 2.50. The SMILES string of the molecule is COc1cc(N)c(Cl)cc1C(=O)N[C@@H]1CCNCC1OC. The van der Waals surface area contributed by atoms with Crippen LogP contribution in [0.3, 0.4) is 0 Å². The Morgan fingerprint density at radius 1 is 1.48 bits per heavy atom. The Kier molecular flexibility index (Phi) is 5.27. The van der Waals surface area contributed by atoms with Crippen molar-refractivity contribution in [1.29, 1.82) is 0 Å². The Morgan fingerprint density at radius 2 is 2.24 bits per heavy atom. The summed E-state index contributed by atoms with van der Waals surface area (Å²) >= 11 is 5.99. The topological polar surface area (TPSA) is 85.6 Å². The molecule has 1 amide bonds. The number of carbonyl (C=O) groups excluding carboxylic acids is 1. The minimum absolute atomic E-state index is 0.0511. The monoisotopic (exact) mass is 313 g/mol. The Labute approximate surface area is 128 Å². The molecule has 1 aromatic carbocycles. The molecule has 116 valence electrons. The van der Waals surface area contributed by atoms with Gasteiger partial charge < -0.3 is 25.8 Å². The molecule has 0 aliphatic carbocycles. The lowest BCUT2D eigenvalue weighted by molar-refractivity contribution is 0.0476. The van der Waals surface area contributed by atoms with E-state index in [2.05, 4.69) is 10.6 Å². The van der Waals surface area contributed by atoms with Crippen LogP contribution >= 0.6 is 11.6 Å². The molecule has 1 aromatic rings. The Balaban J connectivity index is 2.18. The second-order valence-electron chi connectivity index (χ2n) is 4.92. The normalized spacial score (nSPS) is 21.9.